The molecule has 0 spiro atoms. The van der Waals surface area contributed by atoms with Crippen LogP contribution >= 0.6 is 0 Å². The van der Waals surface area contributed by atoms with Crippen LogP contribution in [0.25, 0.3) is 0 Å². The van der Waals surface area contributed by atoms with Gasteiger partial charge in [0, 0.05) is 6.54 Å². The Labute approximate surface area is 279 Å². The van der Waals surface area contributed by atoms with Gasteiger partial charge in [0.15, 0.2) is 0 Å². The predicted octanol–water partition coefficient (Wildman–Crippen LogP) is 7.17. The minimum atomic E-state index is -4.47. The summed E-state index contributed by atoms with van der Waals surface area (Å²) < 4.78 is 34.7. The van der Waals surface area contributed by atoms with Crippen molar-refractivity contribution in [3.8, 4) is 0 Å². The molecule has 230 valence electrons. The number of hydrogen-bond donors (Lipinski definition) is 1. The summed E-state index contributed by atoms with van der Waals surface area (Å²) in [7, 11) is -4.47. The monoisotopic (exact) mass is 606 g/mol. The average Bonchev–Trinajstić information content (AvgIpc) is 3.30. The van der Waals surface area contributed by atoms with Crippen molar-refractivity contribution in [2.75, 3.05) is 10.2 Å². The molecule has 7 heteroatoms. The quantitative estimate of drug-likeness (QED) is 0.0825. The van der Waals surface area contributed by atoms with Crippen LogP contribution in [0.3, 0.4) is 0 Å². The van der Waals surface area contributed by atoms with Crippen molar-refractivity contribution in [2.24, 2.45) is 0 Å². The second kappa shape index (κ2) is 21.6. The molecule has 1 atom stereocenters. The van der Waals surface area contributed by atoms with Crippen LogP contribution in [0.4, 0.5) is 11.4 Å². The molecule has 1 N–H and O–H groups in total. The van der Waals surface area contributed by atoms with Crippen molar-refractivity contribution >= 4 is 21.5 Å². The Hall–Kier alpha value is -1.05. The molecule has 1 aliphatic rings. The van der Waals surface area contributed by atoms with E-state index < -0.39 is 10.1 Å². The van der Waals surface area contributed by atoms with Gasteiger partial charge in [-0.1, -0.05) is 153 Å². The molecule has 2 aromatic carbocycles. The molecule has 1 aliphatic heterocycles. The van der Waals surface area contributed by atoms with Crippen LogP contribution in [-0.4, -0.2) is 19.1 Å². The van der Waals surface area contributed by atoms with Crippen molar-refractivity contribution in [3.63, 3.8) is 0 Å². The van der Waals surface area contributed by atoms with Crippen molar-refractivity contribution in [2.45, 2.75) is 153 Å². The van der Waals surface area contributed by atoms with E-state index >= 15 is 0 Å². The number of fused-ring (bicyclic) bond motifs is 1. The molecule has 0 fully saturated rings. The maximum Gasteiger partial charge on any atom is 1.00 e. The molecular weight excluding hydrogens is 551 g/mol. The zero-order chi connectivity index (χ0) is 29.2. The summed E-state index contributed by atoms with van der Waals surface area (Å²) >= 11 is 0. The number of unbranched alkanes of at least 4 members (excludes halogenated alkanes) is 18. The smallest absolute Gasteiger partial charge is 0.744 e. The van der Waals surface area contributed by atoms with Gasteiger partial charge in [-0.2, -0.15) is 0 Å². The van der Waals surface area contributed by atoms with Gasteiger partial charge in [0.2, 0.25) is 0 Å². The second-order valence-corrected chi connectivity index (χ2v) is 13.4. The first-order valence-corrected chi connectivity index (χ1v) is 18.1. The average molecular weight is 607 g/mol. The van der Waals surface area contributed by atoms with Crippen molar-refractivity contribution in [1.82, 2.24) is 0 Å². The first-order valence-electron chi connectivity index (χ1n) is 16.7. The van der Waals surface area contributed by atoms with Crippen LogP contribution in [-0.2, 0) is 16.7 Å². The summed E-state index contributed by atoms with van der Waals surface area (Å²) in [6.07, 6.45) is 27.2. The normalized spacial score (nSPS) is 14.4. The van der Waals surface area contributed by atoms with Gasteiger partial charge in [0.25, 0.3) is 0 Å². The van der Waals surface area contributed by atoms with Crippen LogP contribution in [0, 0.1) is 0 Å². The summed E-state index contributed by atoms with van der Waals surface area (Å²) in [5, 5.41) is 3.50. The SMILES string of the molecule is CCCCCCCCCCCCCCCCCCCCCC1Nc2cc(S(=O)(=O)[O-])ccc2N1Cc1ccccc1.[Na+]. The maximum atomic E-state index is 11.6. The maximum absolute atomic E-state index is 11.6. The van der Waals surface area contributed by atoms with E-state index in [0.29, 0.717) is 0 Å². The summed E-state index contributed by atoms with van der Waals surface area (Å²) in [4.78, 5) is 2.13. The number of benzene rings is 2. The van der Waals surface area contributed by atoms with E-state index in [1.807, 2.05) is 18.2 Å². The van der Waals surface area contributed by atoms with Gasteiger partial charge in [-0.15, -0.1) is 0 Å². The topological polar surface area (TPSA) is 72.5 Å². The second-order valence-electron chi connectivity index (χ2n) is 12.1. The number of hydrogen-bond acceptors (Lipinski definition) is 5. The van der Waals surface area contributed by atoms with E-state index in [-0.39, 0.29) is 40.6 Å². The van der Waals surface area contributed by atoms with Gasteiger partial charge in [0.05, 0.1) is 22.4 Å². The van der Waals surface area contributed by atoms with Gasteiger partial charge in [0.1, 0.15) is 10.1 Å². The van der Waals surface area contributed by atoms with Gasteiger partial charge in [-0.3, -0.25) is 0 Å². The van der Waals surface area contributed by atoms with E-state index in [0.717, 1.165) is 30.8 Å². The van der Waals surface area contributed by atoms with Gasteiger partial charge < -0.3 is 14.8 Å². The summed E-state index contributed by atoms with van der Waals surface area (Å²) in [5.41, 5.74) is 2.91. The number of anilines is 2. The summed E-state index contributed by atoms with van der Waals surface area (Å²) in [5.74, 6) is 0. The minimum absolute atomic E-state index is 0. The first-order chi connectivity index (χ1) is 20.0. The first kappa shape index (κ1) is 37.1. The summed E-state index contributed by atoms with van der Waals surface area (Å²) in [6, 6.07) is 15.0. The molecule has 0 saturated carbocycles. The molecule has 0 bridgehead atoms. The standard InChI is InChI=1S/C35H56N2O3S.Na/c1-2-3-4-5-6-7-8-9-10-11-12-13-14-15-16-17-18-19-23-26-35-36-33-29-32(41(38,39)40)27-28-34(33)37(35)30-31-24-21-20-22-25-31;/h20-22,24-25,27-29,35-36H,2-19,23,26,30H2,1H3,(H,38,39,40);/q;+1/p-1. The third-order valence-corrected chi connectivity index (χ3v) is 9.37. The fourth-order valence-corrected chi connectivity index (χ4v) is 6.58. The molecule has 1 heterocycles. The van der Waals surface area contributed by atoms with Gasteiger partial charge >= 0.3 is 29.6 Å². The third-order valence-electron chi connectivity index (χ3n) is 8.54. The molecule has 2 aromatic rings. The molecule has 0 amide bonds. The van der Waals surface area contributed by atoms with Crippen LogP contribution in [0.2, 0.25) is 0 Å². The Kier molecular flexibility index (Phi) is 19.1. The van der Waals surface area contributed by atoms with Crippen molar-refractivity contribution in [3.05, 3.63) is 54.1 Å². The molecule has 5 nitrogen and oxygen atoms in total. The number of rotatable bonds is 23. The molecular formula is C35H55N2NaO3S. The van der Waals surface area contributed by atoms with E-state index in [4.69, 9.17) is 0 Å². The third kappa shape index (κ3) is 14.2. The largest absolute Gasteiger partial charge is 1.00 e. The predicted molar refractivity (Wildman–Crippen MR) is 172 cm³/mol. The van der Waals surface area contributed by atoms with Crippen LogP contribution in [0.1, 0.15) is 141 Å². The fraction of sp³-hybridized carbons (Fsp3) is 0.657. The Bertz CT molecular complexity index is 1080. The Morgan fingerprint density at radius 2 is 1.17 bits per heavy atom. The number of nitrogens with one attached hydrogen (secondary N) is 1. The Morgan fingerprint density at radius 1 is 0.690 bits per heavy atom. The van der Waals surface area contributed by atoms with Crippen molar-refractivity contribution < 1.29 is 42.5 Å². The van der Waals surface area contributed by atoms with Crippen LogP contribution in [0.15, 0.2) is 53.4 Å². The van der Waals surface area contributed by atoms with Gasteiger partial charge in [-0.05, 0) is 36.6 Å². The molecule has 0 saturated heterocycles. The molecule has 42 heavy (non-hydrogen) atoms. The number of nitrogens with zero attached hydrogens (tertiary/aromatic N) is 1. The van der Waals surface area contributed by atoms with Crippen LogP contribution in [0.5, 0.6) is 0 Å². The zero-order valence-electron chi connectivity index (χ0n) is 26.6. The Balaban J connectivity index is 0.00000616. The minimum Gasteiger partial charge on any atom is -0.744 e. The molecule has 1 unspecified atom stereocenters. The Morgan fingerprint density at radius 3 is 1.64 bits per heavy atom. The molecule has 0 aromatic heterocycles. The fourth-order valence-electron chi connectivity index (χ4n) is 6.08. The molecule has 0 aliphatic carbocycles. The zero-order valence-corrected chi connectivity index (χ0v) is 29.4. The van der Waals surface area contributed by atoms with Crippen molar-refractivity contribution in [1.29, 1.82) is 0 Å². The summed E-state index contributed by atoms with van der Waals surface area (Å²) in [6.45, 7) is 3.03. The molecule has 0 radical (unpaired) electrons. The van der Waals surface area contributed by atoms with E-state index in [2.05, 4.69) is 29.3 Å². The van der Waals surface area contributed by atoms with E-state index in [1.54, 1.807) is 6.07 Å². The van der Waals surface area contributed by atoms with Gasteiger partial charge in [-0.25, -0.2) is 8.42 Å². The molecule has 3 rings (SSSR count). The van der Waals surface area contributed by atoms with E-state index in [1.165, 1.54) is 133 Å². The van der Waals surface area contributed by atoms with Crippen LogP contribution < -0.4 is 39.8 Å². The van der Waals surface area contributed by atoms with E-state index in [9.17, 15) is 13.0 Å².